The molecule has 1 aromatic carbocycles. The van der Waals surface area contributed by atoms with Gasteiger partial charge in [-0.05, 0) is 18.6 Å². The van der Waals surface area contributed by atoms with Gasteiger partial charge in [-0.25, -0.2) is 8.42 Å². The van der Waals surface area contributed by atoms with Crippen molar-refractivity contribution in [2.24, 2.45) is 0 Å². The number of hydrogen-bond acceptors (Lipinski definition) is 7. The summed E-state index contributed by atoms with van der Waals surface area (Å²) in [7, 11) is 0.229. The lowest BCUT2D eigenvalue weighted by molar-refractivity contribution is -0.128. The first-order valence-corrected chi connectivity index (χ1v) is 10.8. The molecular formula is C16H20N4O4S2. The zero-order valence-electron chi connectivity index (χ0n) is 14.5. The lowest BCUT2D eigenvalue weighted by Gasteiger charge is -2.23. The summed E-state index contributed by atoms with van der Waals surface area (Å²) < 4.78 is 30.2. The minimum atomic E-state index is -3.02. The fraction of sp³-hybridized carbons (Fsp3) is 0.438. The number of aromatic nitrogens is 3. The first kappa shape index (κ1) is 18.7. The molecule has 0 saturated carbocycles. The summed E-state index contributed by atoms with van der Waals surface area (Å²) in [5.41, 5.74) is 0.833. The SMILES string of the molecule is COc1cccc(-n2cnnc2SCC(=O)N(C)[C@@H]2CCS(=O)(=O)C2)c1. The first-order chi connectivity index (χ1) is 12.4. The van der Waals surface area contributed by atoms with Crippen molar-refractivity contribution in [1.29, 1.82) is 0 Å². The highest BCUT2D eigenvalue weighted by molar-refractivity contribution is 7.99. The van der Waals surface area contributed by atoms with E-state index in [2.05, 4.69) is 10.2 Å². The molecular weight excluding hydrogens is 376 g/mol. The van der Waals surface area contributed by atoms with E-state index < -0.39 is 9.84 Å². The van der Waals surface area contributed by atoms with Crippen LogP contribution in [0.4, 0.5) is 0 Å². The van der Waals surface area contributed by atoms with Crippen LogP contribution in [0, 0.1) is 0 Å². The van der Waals surface area contributed by atoms with Crippen molar-refractivity contribution in [3.8, 4) is 11.4 Å². The van der Waals surface area contributed by atoms with Crippen molar-refractivity contribution < 1.29 is 17.9 Å². The summed E-state index contributed by atoms with van der Waals surface area (Å²) in [4.78, 5) is 13.9. The van der Waals surface area contributed by atoms with E-state index in [0.717, 1.165) is 5.69 Å². The number of hydrogen-bond donors (Lipinski definition) is 0. The lowest BCUT2D eigenvalue weighted by atomic mass is 10.2. The smallest absolute Gasteiger partial charge is 0.233 e. The fourth-order valence-corrected chi connectivity index (χ4v) is 5.40. The van der Waals surface area contributed by atoms with Gasteiger partial charge in [0.05, 0.1) is 30.1 Å². The van der Waals surface area contributed by atoms with Crippen LogP contribution in [0.3, 0.4) is 0 Å². The highest BCUT2D eigenvalue weighted by atomic mass is 32.2. The molecule has 0 N–H and O–H groups in total. The number of thioether (sulfide) groups is 1. The molecule has 0 radical (unpaired) electrons. The third kappa shape index (κ3) is 4.18. The molecule has 8 nitrogen and oxygen atoms in total. The predicted molar refractivity (Wildman–Crippen MR) is 98.5 cm³/mol. The van der Waals surface area contributed by atoms with Crippen molar-refractivity contribution in [2.45, 2.75) is 17.6 Å². The Balaban J connectivity index is 1.65. The highest BCUT2D eigenvalue weighted by Crippen LogP contribution is 2.23. The number of amides is 1. The maximum Gasteiger partial charge on any atom is 0.233 e. The van der Waals surface area contributed by atoms with Crippen molar-refractivity contribution in [1.82, 2.24) is 19.7 Å². The van der Waals surface area contributed by atoms with Crippen LogP contribution >= 0.6 is 11.8 Å². The second kappa shape index (κ2) is 7.67. The van der Waals surface area contributed by atoms with Crippen LogP contribution in [0.15, 0.2) is 35.7 Å². The Labute approximate surface area is 156 Å². The zero-order chi connectivity index (χ0) is 18.7. The molecule has 1 aromatic heterocycles. The average Bonchev–Trinajstić information content (AvgIpc) is 3.25. The molecule has 1 aliphatic rings. The van der Waals surface area contributed by atoms with Crippen molar-refractivity contribution in [3.05, 3.63) is 30.6 Å². The summed E-state index contributed by atoms with van der Waals surface area (Å²) in [6, 6.07) is 7.21. The van der Waals surface area contributed by atoms with Crippen LogP contribution in [-0.2, 0) is 14.6 Å². The molecule has 26 heavy (non-hydrogen) atoms. The third-order valence-corrected chi connectivity index (χ3v) is 7.00. The van der Waals surface area contributed by atoms with E-state index in [9.17, 15) is 13.2 Å². The van der Waals surface area contributed by atoms with E-state index in [1.54, 1.807) is 25.1 Å². The maximum absolute atomic E-state index is 12.4. The van der Waals surface area contributed by atoms with Crippen LogP contribution in [0.5, 0.6) is 5.75 Å². The lowest BCUT2D eigenvalue weighted by Crippen LogP contribution is -2.38. The molecule has 1 aliphatic heterocycles. The second-order valence-electron chi connectivity index (χ2n) is 6.04. The normalized spacial score (nSPS) is 18.6. The fourth-order valence-electron chi connectivity index (χ4n) is 2.77. The Morgan fingerprint density at radius 1 is 1.46 bits per heavy atom. The molecule has 1 fully saturated rings. The van der Waals surface area contributed by atoms with Gasteiger partial charge in [-0.15, -0.1) is 10.2 Å². The Hall–Kier alpha value is -2.07. The van der Waals surface area contributed by atoms with E-state index in [-0.39, 0.29) is 29.2 Å². The molecule has 1 atom stereocenters. The molecule has 0 bridgehead atoms. The highest BCUT2D eigenvalue weighted by Gasteiger charge is 2.32. The van der Waals surface area contributed by atoms with Gasteiger partial charge in [0.2, 0.25) is 5.91 Å². The Bertz CT molecular complexity index is 897. The van der Waals surface area contributed by atoms with E-state index in [1.165, 1.54) is 16.7 Å². The number of rotatable bonds is 6. The van der Waals surface area contributed by atoms with E-state index >= 15 is 0 Å². The molecule has 0 aliphatic carbocycles. The third-order valence-electron chi connectivity index (χ3n) is 4.32. The summed E-state index contributed by atoms with van der Waals surface area (Å²) in [5, 5.41) is 8.57. The quantitative estimate of drug-likeness (QED) is 0.673. The summed E-state index contributed by atoms with van der Waals surface area (Å²) in [5.74, 6) is 0.935. The van der Waals surface area contributed by atoms with Gasteiger partial charge in [0.1, 0.15) is 12.1 Å². The summed E-state index contributed by atoms with van der Waals surface area (Å²) in [6.07, 6.45) is 2.07. The van der Waals surface area contributed by atoms with Crippen LogP contribution in [0.1, 0.15) is 6.42 Å². The topological polar surface area (TPSA) is 94.4 Å². The van der Waals surface area contributed by atoms with Crippen LogP contribution < -0.4 is 4.74 Å². The maximum atomic E-state index is 12.4. The zero-order valence-corrected chi connectivity index (χ0v) is 16.2. The Kier molecular flexibility index (Phi) is 5.52. The number of ether oxygens (including phenoxy) is 1. The van der Waals surface area contributed by atoms with Crippen LogP contribution in [0.2, 0.25) is 0 Å². The summed E-state index contributed by atoms with van der Waals surface area (Å²) in [6.45, 7) is 0. The van der Waals surface area contributed by atoms with Gasteiger partial charge in [0, 0.05) is 19.2 Å². The van der Waals surface area contributed by atoms with Crippen LogP contribution in [-0.4, -0.2) is 71.4 Å². The number of sulfone groups is 1. The second-order valence-corrected chi connectivity index (χ2v) is 9.21. The van der Waals surface area contributed by atoms with Gasteiger partial charge >= 0.3 is 0 Å². The minimum absolute atomic E-state index is 0.0416. The van der Waals surface area contributed by atoms with Gasteiger partial charge in [0.25, 0.3) is 0 Å². The minimum Gasteiger partial charge on any atom is -0.497 e. The van der Waals surface area contributed by atoms with Crippen LogP contribution in [0.25, 0.3) is 5.69 Å². The predicted octanol–water partition coefficient (Wildman–Crippen LogP) is 1.01. The van der Waals surface area contributed by atoms with E-state index in [0.29, 0.717) is 17.3 Å². The molecule has 1 saturated heterocycles. The molecule has 0 unspecified atom stereocenters. The van der Waals surface area contributed by atoms with Crippen molar-refractivity contribution in [2.75, 3.05) is 31.4 Å². The molecule has 140 valence electrons. The molecule has 3 rings (SSSR count). The van der Waals surface area contributed by atoms with Crippen molar-refractivity contribution in [3.63, 3.8) is 0 Å². The molecule has 2 heterocycles. The standard InChI is InChI=1S/C16H20N4O4S2/c1-19(13-6-7-26(22,23)10-13)15(21)9-25-16-18-17-11-20(16)12-4-3-5-14(8-12)24-2/h3-5,8,11,13H,6-7,9-10H2,1-2H3/t13-/m1/s1. The average molecular weight is 396 g/mol. The van der Waals surface area contributed by atoms with Gasteiger partial charge in [-0.1, -0.05) is 17.8 Å². The number of carbonyl (C=O) groups is 1. The summed E-state index contributed by atoms with van der Waals surface area (Å²) >= 11 is 1.27. The van der Waals surface area contributed by atoms with Crippen molar-refractivity contribution >= 4 is 27.5 Å². The number of methoxy groups -OCH3 is 1. The number of benzene rings is 1. The first-order valence-electron chi connectivity index (χ1n) is 8.03. The van der Waals surface area contributed by atoms with Gasteiger partial charge < -0.3 is 9.64 Å². The van der Waals surface area contributed by atoms with Gasteiger partial charge in [-0.3, -0.25) is 9.36 Å². The molecule has 2 aromatic rings. The van der Waals surface area contributed by atoms with Gasteiger partial charge in [-0.2, -0.15) is 0 Å². The Morgan fingerprint density at radius 2 is 2.27 bits per heavy atom. The molecule has 0 spiro atoms. The number of nitrogens with zero attached hydrogens (tertiary/aromatic N) is 4. The molecule has 10 heteroatoms. The van der Waals surface area contributed by atoms with Gasteiger partial charge in [0.15, 0.2) is 15.0 Å². The Morgan fingerprint density at radius 3 is 2.96 bits per heavy atom. The van der Waals surface area contributed by atoms with E-state index in [4.69, 9.17) is 4.74 Å². The monoisotopic (exact) mass is 396 g/mol. The number of carbonyl (C=O) groups excluding carboxylic acids is 1. The molecule has 1 amide bonds. The van der Waals surface area contributed by atoms with E-state index in [1.807, 2.05) is 24.3 Å². The largest absolute Gasteiger partial charge is 0.497 e.